The molecular weight excluding hydrogens is 428 g/mol. The molecule has 1 aliphatic rings. The topological polar surface area (TPSA) is 74.8 Å². The van der Waals surface area contributed by atoms with Crippen LogP contribution in [0.2, 0.25) is 0 Å². The van der Waals surface area contributed by atoms with Gasteiger partial charge in [0, 0.05) is 57.5 Å². The Morgan fingerprint density at radius 1 is 1.06 bits per heavy atom. The smallest absolute Gasteiger partial charge is 0.251 e. The predicted octanol–water partition coefficient (Wildman–Crippen LogP) is 3.43. The first-order valence-corrected chi connectivity index (χ1v) is 11.5. The fraction of sp³-hybridized carbons (Fsp3) is 0.296. The van der Waals surface area contributed by atoms with Gasteiger partial charge in [-0.05, 0) is 35.9 Å². The van der Waals surface area contributed by atoms with E-state index in [0.29, 0.717) is 31.8 Å². The molecule has 34 heavy (non-hydrogen) atoms. The van der Waals surface area contributed by atoms with Crippen molar-refractivity contribution in [1.82, 2.24) is 20.1 Å². The fourth-order valence-electron chi connectivity index (χ4n) is 4.33. The highest BCUT2D eigenvalue weighted by atomic mass is 16.5. The van der Waals surface area contributed by atoms with Crippen molar-refractivity contribution in [3.63, 3.8) is 0 Å². The number of rotatable bonds is 7. The fourth-order valence-corrected chi connectivity index (χ4v) is 4.33. The second kappa shape index (κ2) is 10.9. The molecule has 7 heteroatoms. The van der Waals surface area contributed by atoms with Crippen LogP contribution in [0.4, 0.5) is 0 Å². The lowest BCUT2D eigenvalue weighted by Crippen LogP contribution is -2.49. The summed E-state index contributed by atoms with van der Waals surface area (Å²) in [6, 6.07) is 21.2. The van der Waals surface area contributed by atoms with Gasteiger partial charge in [-0.2, -0.15) is 0 Å². The molecule has 4 rings (SSSR count). The van der Waals surface area contributed by atoms with Crippen molar-refractivity contribution < 1.29 is 14.3 Å². The lowest BCUT2D eigenvalue weighted by Gasteiger charge is -2.41. The summed E-state index contributed by atoms with van der Waals surface area (Å²) in [7, 11) is 1.62. The van der Waals surface area contributed by atoms with Crippen LogP contribution < -0.4 is 10.1 Å². The first-order chi connectivity index (χ1) is 16.5. The van der Waals surface area contributed by atoms with Crippen LogP contribution in [0.5, 0.6) is 5.75 Å². The Balaban J connectivity index is 1.51. The average Bonchev–Trinajstić information content (AvgIpc) is 2.88. The third kappa shape index (κ3) is 5.61. The molecule has 1 N–H and O–H groups in total. The second-order valence-electron chi connectivity index (χ2n) is 8.39. The first-order valence-electron chi connectivity index (χ1n) is 11.5. The van der Waals surface area contributed by atoms with Crippen molar-refractivity contribution in [3.8, 4) is 5.75 Å². The molecule has 2 aromatic carbocycles. The van der Waals surface area contributed by atoms with Crippen LogP contribution in [0.3, 0.4) is 0 Å². The van der Waals surface area contributed by atoms with Crippen molar-refractivity contribution in [3.05, 3.63) is 95.3 Å². The van der Waals surface area contributed by atoms with Crippen molar-refractivity contribution in [2.75, 3.05) is 26.7 Å². The number of carbonyl (C=O) groups is 2. The number of hydrogen-bond acceptors (Lipinski definition) is 5. The quantitative estimate of drug-likeness (QED) is 0.587. The predicted molar refractivity (Wildman–Crippen MR) is 130 cm³/mol. The Bertz CT molecular complexity index is 1140. The standard InChI is InChI=1S/C27H30N4O3/c1-20(32)31-15-14-30(18-25(31)21-9-7-10-22(16-21)27(33)28-2)17-23-8-3-4-12-26(23)34-19-24-11-5-6-13-29-24/h3-13,16,25H,14-15,17-19H2,1-2H3,(H,28,33). The minimum Gasteiger partial charge on any atom is -0.487 e. The van der Waals surface area contributed by atoms with Gasteiger partial charge in [0.25, 0.3) is 5.91 Å². The largest absolute Gasteiger partial charge is 0.487 e. The van der Waals surface area contributed by atoms with E-state index in [-0.39, 0.29) is 17.9 Å². The minimum absolute atomic E-state index is 0.0362. The molecule has 1 aliphatic heterocycles. The Kier molecular flexibility index (Phi) is 7.54. The summed E-state index contributed by atoms with van der Waals surface area (Å²) in [6.07, 6.45) is 1.76. The summed E-state index contributed by atoms with van der Waals surface area (Å²) in [6.45, 7) is 4.78. The number of benzene rings is 2. The monoisotopic (exact) mass is 458 g/mol. The molecule has 3 aromatic rings. The molecule has 176 valence electrons. The van der Waals surface area contributed by atoms with E-state index in [1.165, 1.54) is 0 Å². The highest BCUT2D eigenvalue weighted by Crippen LogP contribution is 2.29. The second-order valence-corrected chi connectivity index (χ2v) is 8.39. The van der Waals surface area contributed by atoms with E-state index in [0.717, 1.165) is 29.1 Å². The van der Waals surface area contributed by atoms with Gasteiger partial charge in [-0.25, -0.2) is 0 Å². The minimum atomic E-state index is -0.136. The molecule has 1 saturated heterocycles. The van der Waals surface area contributed by atoms with Crippen molar-refractivity contribution in [2.24, 2.45) is 0 Å². The maximum absolute atomic E-state index is 12.4. The van der Waals surface area contributed by atoms with Crippen LogP contribution in [0, 0.1) is 0 Å². The molecule has 1 unspecified atom stereocenters. The average molecular weight is 459 g/mol. The van der Waals surface area contributed by atoms with E-state index in [2.05, 4.69) is 21.3 Å². The van der Waals surface area contributed by atoms with Gasteiger partial charge in [-0.1, -0.05) is 36.4 Å². The number of ether oxygens (including phenoxy) is 1. The Labute approximate surface area is 200 Å². The van der Waals surface area contributed by atoms with Crippen LogP contribution >= 0.6 is 0 Å². The molecule has 2 amide bonds. The summed E-state index contributed by atoms with van der Waals surface area (Å²) in [5, 5.41) is 2.67. The molecule has 0 spiro atoms. The van der Waals surface area contributed by atoms with Crippen molar-refractivity contribution >= 4 is 11.8 Å². The van der Waals surface area contributed by atoms with Gasteiger partial charge >= 0.3 is 0 Å². The Morgan fingerprint density at radius 2 is 1.88 bits per heavy atom. The maximum Gasteiger partial charge on any atom is 0.251 e. The van der Waals surface area contributed by atoms with E-state index in [9.17, 15) is 9.59 Å². The van der Waals surface area contributed by atoms with E-state index in [4.69, 9.17) is 4.74 Å². The third-order valence-electron chi connectivity index (χ3n) is 6.10. The molecule has 1 atom stereocenters. The summed E-state index contributed by atoms with van der Waals surface area (Å²) in [5.74, 6) is 0.734. The van der Waals surface area contributed by atoms with Crippen LogP contribution in [0.15, 0.2) is 72.9 Å². The van der Waals surface area contributed by atoms with Gasteiger partial charge in [0.15, 0.2) is 0 Å². The van der Waals surface area contributed by atoms with Gasteiger partial charge in [-0.15, -0.1) is 0 Å². The molecule has 1 fully saturated rings. The zero-order valence-electron chi connectivity index (χ0n) is 19.6. The normalized spacial score (nSPS) is 16.2. The van der Waals surface area contributed by atoms with Crippen molar-refractivity contribution in [2.45, 2.75) is 26.1 Å². The number of piperazine rings is 1. The van der Waals surface area contributed by atoms with E-state index in [1.54, 1.807) is 26.2 Å². The summed E-state index contributed by atoms with van der Waals surface area (Å²) >= 11 is 0. The van der Waals surface area contributed by atoms with Crippen molar-refractivity contribution in [1.29, 1.82) is 0 Å². The molecule has 1 aromatic heterocycles. The number of carbonyl (C=O) groups excluding carboxylic acids is 2. The molecule has 0 bridgehead atoms. The SMILES string of the molecule is CNC(=O)c1cccc(C2CN(Cc3ccccc3OCc3ccccn3)CCN2C(C)=O)c1. The number of para-hydroxylation sites is 1. The first kappa shape index (κ1) is 23.4. The van der Waals surface area contributed by atoms with E-state index in [1.807, 2.05) is 59.5 Å². The zero-order valence-corrected chi connectivity index (χ0v) is 19.6. The third-order valence-corrected chi connectivity index (χ3v) is 6.10. The number of nitrogens with one attached hydrogen (secondary N) is 1. The maximum atomic E-state index is 12.4. The number of nitrogens with zero attached hydrogens (tertiary/aromatic N) is 3. The zero-order chi connectivity index (χ0) is 23.9. The van der Waals surface area contributed by atoms with Gasteiger partial charge in [0.2, 0.25) is 5.91 Å². The van der Waals surface area contributed by atoms with Crippen LogP contribution in [0.1, 0.15) is 40.1 Å². The number of pyridine rings is 1. The number of hydrogen-bond donors (Lipinski definition) is 1. The van der Waals surface area contributed by atoms with Gasteiger partial charge in [0.1, 0.15) is 12.4 Å². The number of aromatic nitrogens is 1. The molecule has 0 radical (unpaired) electrons. The van der Waals surface area contributed by atoms with Gasteiger partial charge in [-0.3, -0.25) is 19.5 Å². The highest BCUT2D eigenvalue weighted by molar-refractivity contribution is 5.94. The molecule has 0 saturated carbocycles. The highest BCUT2D eigenvalue weighted by Gasteiger charge is 2.30. The number of amides is 2. The lowest BCUT2D eigenvalue weighted by molar-refractivity contribution is -0.134. The lowest BCUT2D eigenvalue weighted by atomic mass is 9.99. The van der Waals surface area contributed by atoms with Crippen LogP contribution in [-0.2, 0) is 17.9 Å². The van der Waals surface area contributed by atoms with Gasteiger partial charge in [0.05, 0.1) is 11.7 Å². The van der Waals surface area contributed by atoms with Gasteiger partial charge < -0.3 is 15.0 Å². The van der Waals surface area contributed by atoms with E-state index < -0.39 is 0 Å². The summed E-state index contributed by atoms with van der Waals surface area (Å²) in [5.41, 5.74) is 3.52. The molecule has 2 heterocycles. The van der Waals surface area contributed by atoms with Crippen LogP contribution in [-0.4, -0.2) is 53.3 Å². The molecule has 0 aliphatic carbocycles. The van der Waals surface area contributed by atoms with E-state index >= 15 is 0 Å². The molecular formula is C27H30N4O3. The van der Waals surface area contributed by atoms with Crippen LogP contribution in [0.25, 0.3) is 0 Å². The summed E-state index contributed by atoms with van der Waals surface area (Å²) < 4.78 is 6.09. The summed E-state index contributed by atoms with van der Waals surface area (Å²) in [4.78, 5) is 33.1. The molecule has 7 nitrogen and oxygen atoms in total. The Morgan fingerprint density at radius 3 is 2.65 bits per heavy atom. The Hall–Kier alpha value is -3.71.